The van der Waals surface area contributed by atoms with E-state index in [1.54, 1.807) is 12.1 Å². The number of phenolic OH excluding ortho intramolecular Hbond substituents is 1. The molecule has 4 aromatic rings. The molecule has 7 nitrogen and oxygen atoms in total. The molecule has 0 aliphatic carbocycles. The van der Waals surface area contributed by atoms with Crippen LogP contribution in [0.15, 0.2) is 42.6 Å². The van der Waals surface area contributed by atoms with Crippen molar-refractivity contribution in [3.63, 3.8) is 0 Å². The monoisotopic (exact) mass is 482 g/mol. The number of likely N-dealkylation sites (tertiary alicyclic amines) is 1. The summed E-state index contributed by atoms with van der Waals surface area (Å²) in [5.74, 6) is -0.757. The molecule has 0 amide bonds. The maximum absolute atomic E-state index is 14.0. The molecule has 174 valence electrons. The van der Waals surface area contributed by atoms with Gasteiger partial charge in [-0.05, 0) is 30.2 Å². The van der Waals surface area contributed by atoms with Crippen LogP contribution < -0.4 is 5.73 Å². The summed E-state index contributed by atoms with van der Waals surface area (Å²) in [7, 11) is 0. The fraction of sp³-hybridized carbons (Fsp3) is 0.286. The Morgan fingerprint density at radius 2 is 1.91 bits per heavy atom. The predicted molar refractivity (Wildman–Crippen MR) is 116 cm³/mol. The van der Waals surface area contributed by atoms with Crippen molar-refractivity contribution in [1.29, 1.82) is 0 Å². The van der Waals surface area contributed by atoms with Gasteiger partial charge in [-0.25, -0.2) is 9.37 Å². The maximum atomic E-state index is 14.0. The lowest BCUT2D eigenvalue weighted by Crippen LogP contribution is -2.38. The molecule has 1 saturated heterocycles. The van der Waals surface area contributed by atoms with E-state index in [2.05, 4.69) is 15.2 Å². The second kappa shape index (κ2) is 8.40. The van der Waals surface area contributed by atoms with Gasteiger partial charge in [-0.15, -0.1) is 22.6 Å². The zero-order chi connectivity index (χ0) is 22.6. The molecule has 33 heavy (non-hydrogen) atoms. The summed E-state index contributed by atoms with van der Waals surface area (Å²) in [6.45, 7) is 0.403. The number of aromatic nitrogens is 4. The summed E-state index contributed by atoms with van der Waals surface area (Å²) in [4.78, 5) is 5.66. The molecule has 0 saturated carbocycles. The Kier molecular flexibility index (Phi) is 5.89. The lowest BCUT2D eigenvalue weighted by molar-refractivity contribution is -0.183. The van der Waals surface area contributed by atoms with Crippen LogP contribution in [0.4, 0.5) is 17.6 Å². The first-order valence-electron chi connectivity index (χ1n) is 9.91. The number of halogens is 5. The zero-order valence-corrected chi connectivity index (χ0v) is 17.8. The number of nitrogens with zero attached hydrogens (tertiary/aromatic N) is 5. The van der Waals surface area contributed by atoms with Gasteiger partial charge in [0.15, 0.2) is 11.5 Å². The lowest BCUT2D eigenvalue weighted by Gasteiger charge is -2.30. The number of hydrogen-bond donors (Lipinski definition) is 2. The van der Waals surface area contributed by atoms with E-state index in [9.17, 15) is 22.7 Å². The second-order valence-electron chi connectivity index (χ2n) is 7.90. The van der Waals surface area contributed by atoms with Crippen molar-refractivity contribution < 1.29 is 22.7 Å². The topological polar surface area (TPSA) is 92.6 Å². The highest BCUT2D eigenvalue weighted by molar-refractivity contribution is 5.86. The molecular weight excluding hydrogens is 464 g/mol. The van der Waals surface area contributed by atoms with Gasteiger partial charge in [-0.2, -0.15) is 13.2 Å². The average molecular weight is 483 g/mol. The van der Waals surface area contributed by atoms with Crippen molar-refractivity contribution in [2.75, 3.05) is 13.1 Å². The minimum atomic E-state index is -4.50. The van der Waals surface area contributed by atoms with Crippen molar-refractivity contribution in [3.05, 3.63) is 54.0 Å². The Bertz CT molecular complexity index is 1330. The van der Waals surface area contributed by atoms with Gasteiger partial charge in [0.25, 0.3) is 0 Å². The van der Waals surface area contributed by atoms with Gasteiger partial charge in [0.2, 0.25) is 0 Å². The van der Waals surface area contributed by atoms with E-state index in [1.807, 2.05) is 0 Å². The summed E-state index contributed by atoms with van der Waals surface area (Å²) < 4.78 is 56.9. The van der Waals surface area contributed by atoms with Gasteiger partial charge in [-0.1, -0.05) is 12.1 Å². The molecule has 1 aliphatic heterocycles. The van der Waals surface area contributed by atoms with E-state index in [4.69, 9.17) is 5.73 Å². The number of hydrogen-bond acceptors (Lipinski definition) is 6. The van der Waals surface area contributed by atoms with Crippen molar-refractivity contribution >= 4 is 29.0 Å². The standard InChI is InChI=1S/C21H18F4N6O.ClH/c22-13-7-11-1-3-15(27-18(11)16(32)8-13)20-29-28-17-4-2-12(9-31(17)20)19(21(23,24)25)30-6-5-14(26)10-30;/h1-4,7-9,14,19,32H,5-6,10,26H2;1H/t14-,19+;/m0./s1. The van der Waals surface area contributed by atoms with Crippen LogP contribution in [0.1, 0.15) is 18.0 Å². The van der Waals surface area contributed by atoms with E-state index >= 15 is 0 Å². The normalized spacial score (nSPS) is 18.0. The van der Waals surface area contributed by atoms with Crippen LogP contribution in [0.5, 0.6) is 5.75 Å². The highest BCUT2D eigenvalue weighted by atomic mass is 35.5. The number of aromatic hydroxyl groups is 1. The van der Waals surface area contributed by atoms with Crippen LogP contribution in [0.3, 0.4) is 0 Å². The first-order valence-corrected chi connectivity index (χ1v) is 9.91. The van der Waals surface area contributed by atoms with Gasteiger partial charge in [0.1, 0.15) is 28.8 Å². The average Bonchev–Trinajstić information content (AvgIpc) is 3.33. The van der Waals surface area contributed by atoms with Crippen LogP contribution in [0.25, 0.3) is 28.1 Å². The molecule has 2 atom stereocenters. The van der Waals surface area contributed by atoms with E-state index in [0.717, 1.165) is 6.07 Å². The van der Waals surface area contributed by atoms with Crippen molar-refractivity contribution in [2.45, 2.75) is 24.7 Å². The van der Waals surface area contributed by atoms with Gasteiger partial charge in [0.05, 0.1) is 0 Å². The smallest absolute Gasteiger partial charge is 0.408 e. The maximum Gasteiger partial charge on any atom is 0.408 e. The molecule has 0 bridgehead atoms. The molecule has 0 unspecified atom stereocenters. The van der Waals surface area contributed by atoms with Gasteiger partial charge >= 0.3 is 6.18 Å². The van der Waals surface area contributed by atoms with Crippen molar-refractivity contribution in [1.82, 2.24) is 24.5 Å². The number of phenols is 1. The summed E-state index contributed by atoms with van der Waals surface area (Å²) >= 11 is 0. The quantitative estimate of drug-likeness (QED) is 0.431. The fourth-order valence-electron chi connectivity index (χ4n) is 4.21. The molecule has 12 heteroatoms. The molecule has 1 aromatic carbocycles. The second-order valence-corrected chi connectivity index (χ2v) is 7.90. The van der Waals surface area contributed by atoms with E-state index in [0.29, 0.717) is 17.5 Å². The molecule has 0 radical (unpaired) electrons. The third-order valence-electron chi connectivity index (χ3n) is 5.64. The minimum absolute atomic E-state index is 0. The van der Waals surface area contributed by atoms with Gasteiger partial charge in [0, 0.05) is 36.8 Å². The highest BCUT2D eigenvalue weighted by Gasteiger charge is 2.46. The van der Waals surface area contributed by atoms with E-state index < -0.39 is 18.0 Å². The van der Waals surface area contributed by atoms with Crippen LogP contribution in [-0.4, -0.2) is 54.9 Å². The summed E-state index contributed by atoms with van der Waals surface area (Å²) in [5, 5.41) is 18.5. The van der Waals surface area contributed by atoms with Crippen LogP contribution in [0.2, 0.25) is 0 Å². The number of rotatable bonds is 3. The third kappa shape index (κ3) is 4.19. The van der Waals surface area contributed by atoms with Gasteiger partial charge < -0.3 is 10.8 Å². The molecule has 0 spiro atoms. The largest absolute Gasteiger partial charge is 0.506 e. The van der Waals surface area contributed by atoms with Gasteiger partial charge in [-0.3, -0.25) is 9.30 Å². The number of fused-ring (bicyclic) bond motifs is 2. The summed E-state index contributed by atoms with van der Waals surface area (Å²) in [5.41, 5.74) is 6.64. The summed E-state index contributed by atoms with van der Waals surface area (Å²) in [6, 6.07) is 6.00. The highest BCUT2D eigenvalue weighted by Crippen LogP contribution is 2.39. The zero-order valence-electron chi connectivity index (χ0n) is 17.0. The molecule has 4 heterocycles. The molecule has 3 N–H and O–H groups in total. The molecule has 1 fully saturated rings. The van der Waals surface area contributed by atoms with E-state index in [1.165, 1.54) is 33.7 Å². The number of alkyl halides is 3. The number of benzene rings is 1. The molecule has 1 aliphatic rings. The molecular formula is C21H19ClF4N6O. The van der Waals surface area contributed by atoms with Crippen molar-refractivity contribution in [3.8, 4) is 17.3 Å². The summed E-state index contributed by atoms with van der Waals surface area (Å²) in [6.07, 6.45) is -2.65. The SMILES string of the molecule is Cl.N[C@H]1CCN([C@H](c2ccc3nnc(-c4ccc5cc(F)cc(O)c5n4)n3c2)C(F)(F)F)C1. The molecule has 3 aromatic heterocycles. The minimum Gasteiger partial charge on any atom is -0.506 e. The Labute approximate surface area is 191 Å². The lowest BCUT2D eigenvalue weighted by atomic mass is 10.1. The Morgan fingerprint density at radius 3 is 2.61 bits per heavy atom. The van der Waals surface area contributed by atoms with Crippen LogP contribution >= 0.6 is 12.4 Å². The third-order valence-corrected chi connectivity index (χ3v) is 5.64. The van der Waals surface area contributed by atoms with Crippen LogP contribution in [-0.2, 0) is 0 Å². The Hall–Kier alpha value is -3.02. The van der Waals surface area contributed by atoms with E-state index in [-0.39, 0.29) is 59.9 Å². The Balaban J connectivity index is 0.00000259. The van der Waals surface area contributed by atoms with Crippen LogP contribution in [0, 0.1) is 5.82 Å². The van der Waals surface area contributed by atoms with Crippen molar-refractivity contribution in [2.24, 2.45) is 5.73 Å². The Morgan fingerprint density at radius 1 is 1.12 bits per heavy atom. The number of pyridine rings is 2. The number of nitrogens with two attached hydrogens (primary N) is 1. The molecule has 5 rings (SSSR count). The first-order chi connectivity index (χ1) is 15.2. The fourth-order valence-corrected chi connectivity index (χ4v) is 4.21. The predicted octanol–water partition coefficient (Wildman–Crippen LogP) is 3.85. The first kappa shape index (κ1) is 23.1.